The molecule has 1 N–H and O–H groups in total. The number of ether oxygens (including phenoxy) is 1. The first kappa shape index (κ1) is 23.5. The van der Waals surface area contributed by atoms with E-state index in [1.54, 1.807) is 0 Å². The van der Waals surface area contributed by atoms with Gasteiger partial charge in [0, 0.05) is 4.90 Å². The molecule has 0 amide bonds. The van der Waals surface area contributed by atoms with Crippen LogP contribution in [0.2, 0.25) is 5.15 Å². The molecule has 0 aliphatic heterocycles. The maximum absolute atomic E-state index is 13.7. The highest BCUT2D eigenvalue weighted by Gasteiger charge is 2.31. The first-order valence-corrected chi connectivity index (χ1v) is 12.1. The summed E-state index contributed by atoms with van der Waals surface area (Å²) in [6, 6.07) is 7.85. The van der Waals surface area contributed by atoms with Crippen LogP contribution in [0.3, 0.4) is 0 Å². The molecule has 164 valence electrons. The van der Waals surface area contributed by atoms with Crippen molar-refractivity contribution in [1.82, 2.24) is 15.2 Å². The molecule has 1 aromatic heterocycles. The van der Waals surface area contributed by atoms with Crippen molar-refractivity contribution < 1.29 is 22.3 Å². The molecule has 1 heterocycles. The number of hydrogen-bond acceptors (Lipinski definition) is 6. The SMILES string of the molecule is COc1cc(P(C)C)ccc1Nc1nnc(Cl)c(Sc2cc(F)cc(C(F)(F)F)c2)n1. The fourth-order valence-electron chi connectivity index (χ4n) is 2.50. The molecule has 0 radical (unpaired) electrons. The molecule has 0 aliphatic rings. The fraction of sp³-hybridized carbons (Fsp3) is 0.211. The van der Waals surface area contributed by atoms with Crippen LogP contribution in [-0.4, -0.2) is 35.6 Å². The van der Waals surface area contributed by atoms with Gasteiger partial charge < -0.3 is 10.1 Å². The van der Waals surface area contributed by atoms with Gasteiger partial charge in [0.25, 0.3) is 0 Å². The van der Waals surface area contributed by atoms with Crippen LogP contribution in [0.1, 0.15) is 5.56 Å². The molecule has 5 nitrogen and oxygen atoms in total. The molecule has 0 aliphatic carbocycles. The number of hydrogen-bond donors (Lipinski definition) is 1. The second-order valence-electron chi connectivity index (χ2n) is 6.41. The second kappa shape index (κ2) is 9.54. The van der Waals surface area contributed by atoms with Crippen molar-refractivity contribution in [3.8, 4) is 5.75 Å². The molecule has 0 saturated heterocycles. The molecular formula is C19H16ClF4N4OPS. The summed E-state index contributed by atoms with van der Waals surface area (Å²) >= 11 is 6.75. The summed E-state index contributed by atoms with van der Waals surface area (Å²) < 4.78 is 58.0. The van der Waals surface area contributed by atoms with Gasteiger partial charge >= 0.3 is 6.18 Å². The zero-order valence-electron chi connectivity index (χ0n) is 16.5. The number of alkyl halides is 3. The lowest BCUT2D eigenvalue weighted by molar-refractivity contribution is -0.137. The smallest absolute Gasteiger partial charge is 0.416 e. The Kier molecular flexibility index (Phi) is 7.24. The third-order valence-electron chi connectivity index (χ3n) is 3.98. The molecule has 0 bridgehead atoms. The lowest BCUT2D eigenvalue weighted by Crippen LogP contribution is -2.06. The van der Waals surface area contributed by atoms with Crippen LogP contribution in [0, 0.1) is 5.82 Å². The van der Waals surface area contributed by atoms with Gasteiger partial charge in [-0.05, 0) is 49.0 Å². The molecule has 3 aromatic rings. The Morgan fingerprint density at radius 3 is 2.48 bits per heavy atom. The molecule has 12 heteroatoms. The predicted octanol–water partition coefficient (Wildman–Crippen LogP) is 5.95. The van der Waals surface area contributed by atoms with E-state index in [-0.39, 0.29) is 28.9 Å². The Morgan fingerprint density at radius 2 is 1.84 bits per heavy atom. The van der Waals surface area contributed by atoms with Gasteiger partial charge in [-0.2, -0.15) is 13.2 Å². The van der Waals surface area contributed by atoms with E-state index in [9.17, 15) is 17.6 Å². The zero-order valence-corrected chi connectivity index (χ0v) is 18.9. The number of rotatable bonds is 6. The lowest BCUT2D eigenvalue weighted by atomic mass is 10.2. The number of methoxy groups -OCH3 is 1. The minimum absolute atomic E-state index is 0.0261. The Bertz CT molecular complexity index is 1100. The van der Waals surface area contributed by atoms with Gasteiger partial charge in [0.15, 0.2) is 5.15 Å². The Balaban J connectivity index is 1.89. The van der Waals surface area contributed by atoms with Crippen molar-refractivity contribution in [2.24, 2.45) is 0 Å². The van der Waals surface area contributed by atoms with Crippen molar-refractivity contribution in [2.75, 3.05) is 25.8 Å². The van der Waals surface area contributed by atoms with Gasteiger partial charge in [-0.25, -0.2) is 9.37 Å². The first-order valence-electron chi connectivity index (χ1n) is 8.65. The first-order chi connectivity index (χ1) is 14.6. The van der Waals surface area contributed by atoms with Crippen LogP contribution in [-0.2, 0) is 6.18 Å². The highest BCUT2D eigenvalue weighted by Crippen LogP contribution is 2.37. The standard InChI is InChI=1S/C19H16ClF4N4OPS/c1-29-15-9-12(30(2)3)4-5-14(15)25-18-26-17(16(20)27-28-18)31-13-7-10(19(22,23)24)6-11(21)8-13/h4-9H,1-3H3,(H,25,26,28). The van der Waals surface area contributed by atoms with Crippen LogP contribution in [0.5, 0.6) is 5.75 Å². The summed E-state index contributed by atoms with van der Waals surface area (Å²) in [5.41, 5.74) is -0.531. The van der Waals surface area contributed by atoms with Crippen molar-refractivity contribution >= 4 is 48.2 Å². The number of aromatic nitrogens is 3. The summed E-state index contributed by atoms with van der Waals surface area (Å²) in [4.78, 5) is 4.18. The predicted molar refractivity (Wildman–Crippen MR) is 115 cm³/mol. The van der Waals surface area contributed by atoms with E-state index in [4.69, 9.17) is 16.3 Å². The van der Waals surface area contributed by atoms with E-state index in [0.717, 1.165) is 29.2 Å². The molecule has 0 atom stereocenters. The highest BCUT2D eigenvalue weighted by atomic mass is 35.5. The normalized spacial score (nSPS) is 11.6. The largest absolute Gasteiger partial charge is 0.495 e. The van der Waals surface area contributed by atoms with Crippen molar-refractivity contribution in [3.63, 3.8) is 0 Å². The maximum Gasteiger partial charge on any atom is 0.416 e. The summed E-state index contributed by atoms with van der Waals surface area (Å²) in [6.07, 6.45) is -4.68. The van der Waals surface area contributed by atoms with E-state index < -0.39 is 17.6 Å². The van der Waals surface area contributed by atoms with Gasteiger partial charge in [0.1, 0.15) is 16.6 Å². The number of benzene rings is 2. The van der Waals surface area contributed by atoms with Crippen molar-refractivity contribution in [2.45, 2.75) is 16.1 Å². The average Bonchev–Trinajstić information content (AvgIpc) is 2.69. The zero-order chi connectivity index (χ0) is 22.8. The topological polar surface area (TPSA) is 59.9 Å². The minimum Gasteiger partial charge on any atom is -0.495 e. The Hall–Kier alpha value is -2.16. The molecule has 0 unspecified atom stereocenters. The van der Waals surface area contributed by atoms with E-state index in [1.807, 2.05) is 18.2 Å². The number of halogens is 5. The molecule has 0 saturated carbocycles. The second-order valence-corrected chi connectivity index (χ2v) is 10.1. The summed E-state index contributed by atoms with van der Waals surface area (Å²) in [7, 11) is 1.21. The lowest BCUT2D eigenvalue weighted by Gasteiger charge is -2.14. The van der Waals surface area contributed by atoms with Crippen molar-refractivity contribution in [1.29, 1.82) is 0 Å². The molecule has 0 spiro atoms. The van der Waals surface area contributed by atoms with Crippen LogP contribution >= 0.6 is 31.3 Å². The third-order valence-corrected chi connectivity index (χ3v) is 6.60. The van der Waals surface area contributed by atoms with Gasteiger partial charge in [-0.1, -0.05) is 37.4 Å². The van der Waals surface area contributed by atoms with Crippen LogP contribution in [0.4, 0.5) is 29.2 Å². The Labute approximate surface area is 186 Å². The van der Waals surface area contributed by atoms with E-state index in [2.05, 4.69) is 33.8 Å². The Morgan fingerprint density at radius 1 is 1.10 bits per heavy atom. The van der Waals surface area contributed by atoms with Crippen LogP contribution in [0.15, 0.2) is 46.3 Å². The summed E-state index contributed by atoms with van der Waals surface area (Å²) in [6.45, 7) is 4.23. The number of anilines is 2. The van der Waals surface area contributed by atoms with E-state index >= 15 is 0 Å². The highest BCUT2D eigenvalue weighted by molar-refractivity contribution is 7.99. The molecule has 31 heavy (non-hydrogen) atoms. The number of nitrogens with zero attached hydrogens (tertiary/aromatic N) is 3. The van der Waals surface area contributed by atoms with Crippen LogP contribution in [0.25, 0.3) is 0 Å². The number of nitrogens with one attached hydrogen (secondary N) is 1. The van der Waals surface area contributed by atoms with Crippen molar-refractivity contribution in [3.05, 3.63) is 52.9 Å². The molecular weight excluding hydrogens is 475 g/mol. The summed E-state index contributed by atoms with van der Waals surface area (Å²) in [5, 5.41) is 11.7. The third kappa shape index (κ3) is 5.96. The monoisotopic (exact) mass is 490 g/mol. The van der Waals surface area contributed by atoms with Crippen LogP contribution < -0.4 is 15.4 Å². The maximum atomic E-state index is 13.7. The fourth-order valence-corrected chi connectivity index (χ4v) is 4.28. The quantitative estimate of drug-likeness (QED) is 0.340. The van der Waals surface area contributed by atoms with Gasteiger partial charge in [-0.15, -0.1) is 10.2 Å². The van der Waals surface area contributed by atoms with E-state index in [1.165, 1.54) is 7.11 Å². The molecule has 2 aromatic carbocycles. The summed E-state index contributed by atoms with van der Waals surface area (Å²) in [5.74, 6) is -0.396. The molecule has 0 fully saturated rings. The minimum atomic E-state index is -4.68. The van der Waals surface area contributed by atoms with Gasteiger partial charge in [-0.3, -0.25) is 0 Å². The van der Waals surface area contributed by atoms with Gasteiger partial charge in [0.2, 0.25) is 5.95 Å². The van der Waals surface area contributed by atoms with Gasteiger partial charge in [0.05, 0.1) is 18.4 Å². The molecule has 3 rings (SSSR count). The van der Waals surface area contributed by atoms with E-state index in [0.29, 0.717) is 17.5 Å². The average molecular weight is 491 g/mol.